The third-order valence-electron chi connectivity index (χ3n) is 3.80. The lowest BCUT2D eigenvalue weighted by Crippen LogP contribution is -2.48. The summed E-state index contributed by atoms with van der Waals surface area (Å²) < 4.78 is 0. The Bertz CT molecular complexity index is 307. The van der Waals surface area contributed by atoms with Crippen LogP contribution in [0.3, 0.4) is 0 Å². The van der Waals surface area contributed by atoms with Crippen molar-refractivity contribution in [2.45, 2.75) is 39.7 Å². The lowest BCUT2D eigenvalue weighted by Gasteiger charge is -2.27. The molecule has 18 heavy (non-hydrogen) atoms. The summed E-state index contributed by atoms with van der Waals surface area (Å²) in [5, 5.41) is 0. The third-order valence-corrected chi connectivity index (χ3v) is 3.80. The van der Waals surface area contributed by atoms with Gasteiger partial charge in [0.15, 0.2) is 0 Å². The van der Waals surface area contributed by atoms with Crippen molar-refractivity contribution in [1.82, 2.24) is 9.80 Å². The van der Waals surface area contributed by atoms with Gasteiger partial charge in [-0.05, 0) is 12.3 Å². The number of hydrogen-bond donors (Lipinski definition) is 1. The molecule has 2 amide bonds. The van der Waals surface area contributed by atoms with Crippen LogP contribution < -0.4 is 5.73 Å². The van der Waals surface area contributed by atoms with Gasteiger partial charge in [-0.25, -0.2) is 0 Å². The monoisotopic (exact) mass is 255 g/mol. The van der Waals surface area contributed by atoms with Crippen LogP contribution in [0.25, 0.3) is 0 Å². The predicted octanol–water partition coefficient (Wildman–Crippen LogP) is 0.441. The van der Waals surface area contributed by atoms with Crippen LogP contribution in [0.4, 0.5) is 0 Å². The van der Waals surface area contributed by atoms with E-state index in [0.717, 1.165) is 19.4 Å². The number of nitrogens with two attached hydrogens (primary N) is 1. The molecule has 1 aliphatic heterocycles. The van der Waals surface area contributed by atoms with E-state index in [1.807, 2.05) is 13.8 Å². The Kier molecular flexibility index (Phi) is 5.59. The summed E-state index contributed by atoms with van der Waals surface area (Å²) in [6, 6.07) is -0.418. The van der Waals surface area contributed by atoms with Crippen molar-refractivity contribution in [2.75, 3.05) is 26.2 Å². The molecular formula is C13H25N3O2. The highest BCUT2D eigenvalue weighted by molar-refractivity contribution is 5.82. The van der Waals surface area contributed by atoms with Crippen molar-refractivity contribution in [3.8, 4) is 0 Å². The lowest BCUT2D eigenvalue weighted by atomic mass is 9.99. The van der Waals surface area contributed by atoms with Gasteiger partial charge >= 0.3 is 0 Å². The maximum Gasteiger partial charge on any atom is 0.239 e. The average Bonchev–Trinajstić information content (AvgIpc) is 2.61. The van der Waals surface area contributed by atoms with E-state index in [1.54, 1.807) is 16.7 Å². The van der Waals surface area contributed by atoms with E-state index in [4.69, 9.17) is 5.73 Å². The first-order valence-corrected chi connectivity index (χ1v) is 6.77. The second kappa shape index (κ2) is 6.73. The van der Waals surface area contributed by atoms with Crippen LogP contribution in [-0.2, 0) is 9.59 Å². The van der Waals surface area contributed by atoms with E-state index >= 15 is 0 Å². The summed E-state index contributed by atoms with van der Waals surface area (Å²) in [6.07, 6.45) is 1.73. The number of rotatable bonds is 3. The number of nitrogens with zero attached hydrogens (tertiary/aromatic N) is 2. The maximum absolute atomic E-state index is 12.2. The quantitative estimate of drug-likeness (QED) is 0.796. The molecule has 1 saturated heterocycles. The third kappa shape index (κ3) is 3.70. The molecule has 0 unspecified atom stereocenters. The van der Waals surface area contributed by atoms with E-state index in [9.17, 15) is 9.59 Å². The molecule has 1 rings (SSSR count). The Hall–Kier alpha value is -1.10. The highest BCUT2D eigenvalue weighted by atomic mass is 16.2. The molecular weight excluding hydrogens is 230 g/mol. The number of carbonyl (C=O) groups is 2. The molecule has 104 valence electrons. The Labute approximate surface area is 109 Å². The average molecular weight is 255 g/mol. The van der Waals surface area contributed by atoms with Gasteiger partial charge in [0, 0.05) is 33.1 Å². The summed E-state index contributed by atoms with van der Waals surface area (Å²) in [5.74, 6) is 0.301. The van der Waals surface area contributed by atoms with E-state index in [2.05, 4.69) is 0 Å². The van der Waals surface area contributed by atoms with Crippen molar-refractivity contribution < 1.29 is 9.59 Å². The minimum Gasteiger partial charge on any atom is -0.341 e. The fraction of sp³-hybridized carbons (Fsp3) is 0.846. The first kappa shape index (κ1) is 15.0. The van der Waals surface area contributed by atoms with Gasteiger partial charge in [0.1, 0.15) is 0 Å². The maximum atomic E-state index is 12.2. The molecule has 0 bridgehead atoms. The van der Waals surface area contributed by atoms with Crippen LogP contribution in [0.1, 0.15) is 33.6 Å². The molecule has 1 fully saturated rings. The zero-order chi connectivity index (χ0) is 13.7. The minimum absolute atomic E-state index is 0.0229. The van der Waals surface area contributed by atoms with Gasteiger partial charge in [-0.2, -0.15) is 0 Å². The second-order valence-electron chi connectivity index (χ2n) is 5.10. The SMILES string of the molecule is CC[C@H](C)[C@H](N)C(=O)N1CCCN(C(C)=O)CC1. The molecule has 2 atom stereocenters. The summed E-state index contributed by atoms with van der Waals surface area (Å²) >= 11 is 0. The van der Waals surface area contributed by atoms with Crippen LogP contribution in [0.2, 0.25) is 0 Å². The highest BCUT2D eigenvalue weighted by Gasteiger charge is 2.26. The summed E-state index contributed by atoms with van der Waals surface area (Å²) in [5.41, 5.74) is 5.98. The van der Waals surface area contributed by atoms with E-state index in [0.29, 0.717) is 19.6 Å². The molecule has 0 saturated carbocycles. The lowest BCUT2D eigenvalue weighted by molar-refractivity contribution is -0.134. The zero-order valence-electron chi connectivity index (χ0n) is 11.7. The Morgan fingerprint density at radius 2 is 1.72 bits per heavy atom. The summed E-state index contributed by atoms with van der Waals surface area (Å²) in [6.45, 7) is 8.27. The zero-order valence-corrected chi connectivity index (χ0v) is 11.7. The van der Waals surface area contributed by atoms with E-state index in [-0.39, 0.29) is 17.7 Å². The summed E-state index contributed by atoms with van der Waals surface area (Å²) in [4.78, 5) is 27.1. The highest BCUT2D eigenvalue weighted by Crippen LogP contribution is 2.11. The molecule has 5 nitrogen and oxygen atoms in total. The van der Waals surface area contributed by atoms with Crippen molar-refractivity contribution in [1.29, 1.82) is 0 Å². The van der Waals surface area contributed by atoms with Crippen LogP contribution >= 0.6 is 0 Å². The van der Waals surface area contributed by atoms with Crippen LogP contribution in [0.15, 0.2) is 0 Å². The molecule has 0 aromatic rings. The van der Waals surface area contributed by atoms with Gasteiger partial charge in [0.2, 0.25) is 11.8 Å². The van der Waals surface area contributed by atoms with Gasteiger partial charge < -0.3 is 15.5 Å². The van der Waals surface area contributed by atoms with Gasteiger partial charge in [-0.1, -0.05) is 20.3 Å². The second-order valence-corrected chi connectivity index (χ2v) is 5.10. The van der Waals surface area contributed by atoms with Crippen molar-refractivity contribution in [3.63, 3.8) is 0 Å². The standard InChI is InChI=1S/C13H25N3O2/c1-4-10(2)12(14)13(18)16-7-5-6-15(8-9-16)11(3)17/h10,12H,4-9,14H2,1-3H3/t10-,12-/m0/s1. The molecule has 1 heterocycles. The Morgan fingerprint density at radius 3 is 2.28 bits per heavy atom. The van der Waals surface area contributed by atoms with Gasteiger partial charge in [0.25, 0.3) is 0 Å². The molecule has 0 spiro atoms. The van der Waals surface area contributed by atoms with Crippen molar-refractivity contribution in [2.24, 2.45) is 11.7 Å². The van der Waals surface area contributed by atoms with Gasteiger partial charge in [-0.15, -0.1) is 0 Å². The van der Waals surface area contributed by atoms with Crippen molar-refractivity contribution >= 4 is 11.8 Å². The van der Waals surface area contributed by atoms with Crippen molar-refractivity contribution in [3.05, 3.63) is 0 Å². The molecule has 5 heteroatoms. The Morgan fingerprint density at radius 1 is 1.17 bits per heavy atom. The number of carbonyl (C=O) groups excluding carboxylic acids is 2. The van der Waals surface area contributed by atoms with Crippen LogP contribution in [0, 0.1) is 5.92 Å². The molecule has 0 aromatic carbocycles. The molecule has 0 radical (unpaired) electrons. The fourth-order valence-electron chi connectivity index (χ4n) is 2.16. The van der Waals surface area contributed by atoms with E-state index < -0.39 is 6.04 Å². The number of amides is 2. The molecule has 0 aliphatic carbocycles. The molecule has 1 aliphatic rings. The molecule has 0 aromatic heterocycles. The normalized spacial score (nSPS) is 20.2. The summed E-state index contributed by atoms with van der Waals surface area (Å²) in [7, 11) is 0. The Balaban J connectivity index is 2.57. The fourth-order valence-corrected chi connectivity index (χ4v) is 2.16. The first-order valence-electron chi connectivity index (χ1n) is 6.77. The number of hydrogen-bond acceptors (Lipinski definition) is 3. The van der Waals surface area contributed by atoms with Gasteiger partial charge in [-0.3, -0.25) is 9.59 Å². The van der Waals surface area contributed by atoms with Crippen LogP contribution in [-0.4, -0.2) is 53.8 Å². The largest absolute Gasteiger partial charge is 0.341 e. The predicted molar refractivity (Wildman–Crippen MR) is 70.9 cm³/mol. The minimum atomic E-state index is -0.418. The van der Waals surface area contributed by atoms with Gasteiger partial charge in [0.05, 0.1) is 6.04 Å². The topological polar surface area (TPSA) is 66.6 Å². The smallest absolute Gasteiger partial charge is 0.239 e. The first-order chi connectivity index (χ1) is 8.47. The molecule has 2 N–H and O–H groups in total. The van der Waals surface area contributed by atoms with E-state index in [1.165, 1.54) is 0 Å². The van der Waals surface area contributed by atoms with Crippen LogP contribution in [0.5, 0.6) is 0 Å².